The van der Waals surface area contributed by atoms with E-state index in [1.54, 1.807) is 20.8 Å². The van der Waals surface area contributed by atoms with E-state index in [0.29, 0.717) is 17.7 Å². The van der Waals surface area contributed by atoms with E-state index in [4.69, 9.17) is 16.3 Å². The van der Waals surface area contributed by atoms with Crippen LogP contribution < -0.4 is 4.74 Å². The van der Waals surface area contributed by atoms with Gasteiger partial charge in [-0.3, -0.25) is 4.79 Å². The predicted molar refractivity (Wildman–Crippen MR) is 107 cm³/mol. The Hall–Kier alpha value is -2.39. The lowest BCUT2D eigenvalue weighted by Crippen LogP contribution is -2.27. The fourth-order valence-corrected chi connectivity index (χ4v) is 4.68. The highest BCUT2D eigenvalue weighted by Crippen LogP contribution is 2.33. The third-order valence-electron chi connectivity index (χ3n) is 4.40. The minimum absolute atomic E-state index is 0.0391. The summed E-state index contributed by atoms with van der Waals surface area (Å²) < 4.78 is 35.9. The lowest BCUT2D eigenvalue weighted by Gasteiger charge is -2.16. The first kappa shape index (κ1) is 22.9. The number of sulfone groups is 1. The molecule has 2 rings (SSSR count). The van der Waals surface area contributed by atoms with Crippen LogP contribution in [0.4, 0.5) is 0 Å². The summed E-state index contributed by atoms with van der Waals surface area (Å²) in [6.07, 6.45) is 1.46. The van der Waals surface area contributed by atoms with Crippen molar-refractivity contribution in [2.24, 2.45) is 0 Å². The maximum absolute atomic E-state index is 13.2. The molecule has 0 aliphatic carbocycles. The second-order valence-electron chi connectivity index (χ2n) is 6.57. The molecule has 2 aromatic rings. The average molecular weight is 443 g/mol. The van der Waals surface area contributed by atoms with Crippen molar-refractivity contribution in [1.82, 2.24) is 9.78 Å². The Morgan fingerprint density at radius 1 is 1.28 bits per heavy atom. The van der Waals surface area contributed by atoms with Gasteiger partial charge in [0.25, 0.3) is 0 Å². The molecule has 8 nitrogen and oxygen atoms in total. The monoisotopic (exact) mass is 442 g/mol. The number of carbonyl (C=O) groups is 2. The van der Waals surface area contributed by atoms with Crippen LogP contribution >= 0.6 is 11.6 Å². The van der Waals surface area contributed by atoms with E-state index in [1.165, 1.54) is 31.0 Å². The topological polar surface area (TPSA) is 105 Å². The molecule has 0 saturated heterocycles. The van der Waals surface area contributed by atoms with Crippen LogP contribution in [-0.2, 0) is 25.9 Å². The summed E-state index contributed by atoms with van der Waals surface area (Å²) in [5.74, 6) is -0.989. The number of aryl methyl sites for hydroxylation is 2. The minimum atomic E-state index is -3.52. The molecule has 0 radical (unpaired) electrons. The highest BCUT2D eigenvalue weighted by Gasteiger charge is 2.28. The fraction of sp³-hybridized carbons (Fsp3) is 0.421. The zero-order chi connectivity index (χ0) is 22.1. The van der Waals surface area contributed by atoms with Gasteiger partial charge in [-0.05, 0) is 44.9 Å². The first-order valence-electron chi connectivity index (χ1n) is 8.78. The molecule has 0 amide bonds. The highest BCUT2D eigenvalue weighted by atomic mass is 35.5. The molecule has 0 aliphatic rings. The second-order valence-corrected chi connectivity index (χ2v) is 8.90. The third-order valence-corrected chi connectivity index (χ3v) is 6.25. The highest BCUT2D eigenvalue weighted by molar-refractivity contribution is 7.90. The molecule has 1 unspecified atom stereocenters. The van der Waals surface area contributed by atoms with Crippen molar-refractivity contribution in [3.63, 3.8) is 0 Å². The number of methoxy groups -OCH3 is 1. The first-order chi connectivity index (χ1) is 13.4. The molecule has 0 spiro atoms. The standard InChI is InChI=1S/C19H23ClN2O6S/c1-7-22-18(28-12(4)19(24)27-5)14(9-21-22)16(23)13-8-10(2)17(29(6,25)26)11(3)15(13)20/h8-9,12H,7H2,1-6H3. The normalized spacial score (nSPS) is 12.5. The summed E-state index contributed by atoms with van der Waals surface area (Å²) in [5.41, 5.74) is 0.938. The zero-order valence-corrected chi connectivity index (χ0v) is 18.6. The quantitative estimate of drug-likeness (QED) is 0.479. The van der Waals surface area contributed by atoms with Gasteiger partial charge in [0.05, 0.1) is 23.2 Å². The van der Waals surface area contributed by atoms with Gasteiger partial charge in [0, 0.05) is 18.4 Å². The molecular formula is C19H23ClN2O6S. The average Bonchev–Trinajstić information content (AvgIpc) is 3.04. The van der Waals surface area contributed by atoms with Crippen LogP contribution in [0.5, 0.6) is 5.88 Å². The van der Waals surface area contributed by atoms with E-state index < -0.39 is 27.7 Å². The Labute approximate surface area is 174 Å². The number of hydrogen-bond acceptors (Lipinski definition) is 7. The molecule has 0 saturated carbocycles. The van der Waals surface area contributed by atoms with Crippen molar-refractivity contribution in [1.29, 1.82) is 0 Å². The predicted octanol–water partition coefficient (Wildman–Crippen LogP) is 2.75. The lowest BCUT2D eigenvalue weighted by molar-refractivity contribution is -0.148. The Kier molecular flexibility index (Phi) is 6.74. The molecule has 0 bridgehead atoms. The van der Waals surface area contributed by atoms with E-state index in [-0.39, 0.29) is 26.9 Å². The second kappa shape index (κ2) is 8.54. The Morgan fingerprint density at radius 3 is 2.41 bits per heavy atom. The number of hydrogen-bond donors (Lipinski definition) is 0. The molecule has 1 aromatic carbocycles. The van der Waals surface area contributed by atoms with Gasteiger partial charge in [-0.25, -0.2) is 17.9 Å². The van der Waals surface area contributed by atoms with Crippen LogP contribution in [0.3, 0.4) is 0 Å². The summed E-state index contributed by atoms with van der Waals surface area (Å²) in [6.45, 7) is 6.85. The largest absolute Gasteiger partial charge is 0.466 e. The van der Waals surface area contributed by atoms with Crippen molar-refractivity contribution < 1.29 is 27.5 Å². The smallest absolute Gasteiger partial charge is 0.346 e. The SMILES string of the molecule is CCn1ncc(C(=O)c2cc(C)c(S(C)(=O)=O)c(C)c2Cl)c1OC(C)C(=O)OC. The summed E-state index contributed by atoms with van der Waals surface area (Å²) in [4.78, 5) is 25.0. The van der Waals surface area contributed by atoms with Gasteiger partial charge in [0.2, 0.25) is 11.7 Å². The number of nitrogens with zero attached hydrogens (tertiary/aromatic N) is 2. The third kappa shape index (κ3) is 4.45. The lowest BCUT2D eigenvalue weighted by atomic mass is 10.0. The first-order valence-corrected chi connectivity index (χ1v) is 11.1. The van der Waals surface area contributed by atoms with Crippen molar-refractivity contribution in [2.75, 3.05) is 13.4 Å². The number of aromatic nitrogens is 2. The Bertz CT molecular complexity index is 1070. The summed E-state index contributed by atoms with van der Waals surface area (Å²) in [7, 11) is -2.28. The molecule has 10 heteroatoms. The van der Waals surface area contributed by atoms with Gasteiger partial charge in [-0.1, -0.05) is 11.6 Å². The fourth-order valence-electron chi connectivity index (χ4n) is 3.08. The number of halogens is 1. The van der Waals surface area contributed by atoms with Crippen LogP contribution in [0.25, 0.3) is 0 Å². The van der Waals surface area contributed by atoms with E-state index in [1.807, 2.05) is 0 Å². The molecule has 29 heavy (non-hydrogen) atoms. The van der Waals surface area contributed by atoms with Crippen molar-refractivity contribution in [3.8, 4) is 5.88 Å². The number of rotatable bonds is 7. The van der Waals surface area contributed by atoms with Gasteiger partial charge < -0.3 is 9.47 Å². The van der Waals surface area contributed by atoms with Gasteiger partial charge in [-0.15, -0.1) is 0 Å². The van der Waals surface area contributed by atoms with Crippen LogP contribution in [-0.4, -0.2) is 49.4 Å². The van der Waals surface area contributed by atoms with Crippen LogP contribution in [0.1, 0.15) is 40.9 Å². The van der Waals surface area contributed by atoms with Crippen molar-refractivity contribution in [2.45, 2.75) is 45.2 Å². The number of ketones is 1. The molecular weight excluding hydrogens is 420 g/mol. The summed E-state index contributed by atoms with van der Waals surface area (Å²) in [6, 6.07) is 1.44. The van der Waals surface area contributed by atoms with Crippen molar-refractivity contribution >= 4 is 33.2 Å². The molecule has 0 aliphatic heterocycles. The molecule has 158 valence electrons. The van der Waals surface area contributed by atoms with Gasteiger partial charge >= 0.3 is 5.97 Å². The number of carbonyl (C=O) groups excluding carboxylic acids is 2. The van der Waals surface area contributed by atoms with Gasteiger partial charge in [0.1, 0.15) is 5.56 Å². The van der Waals surface area contributed by atoms with Crippen molar-refractivity contribution in [3.05, 3.63) is 39.5 Å². The van der Waals surface area contributed by atoms with E-state index in [0.717, 1.165) is 6.26 Å². The zero-order valence-electron chi connectivity index (χ0n) is 17.1. The van der Waals surface area contributed by atoms with E-state index >= 15 is 0 Å². The molecule has 0 fully saturated rings. The summed E-state index contributed by atoms with van der Waals surface area (Å²) >= 11 is 6.37. The number of esters is 1. The maximum Gasteiger partial charge on any atom is 0.346 e. The van der Waals surface area contributed by atoms with Gasteiger partial charge in [0.15, 0.2) is 15.9 Å². The van der Waals surface area contributed by atoms with Crippen LogP contribution in [0.15, 0.2) is 17.2 Å². The minimum Gasteiger partial charge on any atom is -0.466 e. The molecule has 0 N–H and O–H groups in total. The summed E-state index contributed by atoms with van der Waals surface area (Å²) in [5, 5.41) is 4.17. The molecule has 1 heterocycles. The molecule has 1 atom stereocenters. The van der Waals surface area contributed by atoms with E-state index in [2.05, 4.69) is 9.84 Å². The Morgan fingerprint density at radius 2 is 1.90 bits per heavy atom. The van der Waals surface area contributed by atoms with E-state index in [9.17, 15) is 18.0 Å². The number of benzene rings is 1. The van der Waals surface area contributed by atoms with Gasteiger partial charge in [-0.2, -0.15) is 5.10 Å². The van der Waals surface area contributed by atoms with Crippen LogP contribution in [0.2, 0.25) is 5.02 Å². The maximum atomic E-state index is 13.2. The van der Waals surface area contributed by atoms with Crippen LogP contribution in [0, 0.1) is 13.8 Å². The Balaban J connectivity index is 2.59. The molecule has 1 aromatic heterocycles. The number of ether oxygens (including phenoxy) is 2.